The number of nitrogens with one attached hydrogen (secondary N) is 1. The molecule has 0 aliphatic carbocycles. The van der Waals surface area contributed by atoms with Gasteiger partial charge in [0.15, 0.2) is 5.82 Å². The molecule has 1 aromatic carbocycles. The van der Waals surface area contributed by atoms with Gasteiger partial charge in [-0.25, -0.2) is 19.3 Å². The largest absolute Gasteiger partial charge is 0.369 e. The van der Waals surface area contributed by atoms with Gasteiger partial charge in [0.25, 0.3) is 0 Å². The van der Waals surface area contributed by atoms with Crippen LogP contribution in [0.4, 0.5) is 16.2 Å². The fourth-order valence-electron chi connectivity index (χ4n) is 3.42. The number of pyridine rings is 1. The molecular formula is C20H23FN6. The number of hydrogen-bond donors (Lipinski definition) is 1. The lowest BCUT2D eigenvalue weighted by molar-refractivity contribution is 0.266. The van der Waals surface area contributed by atoms with Crippen molar-refractivity contribution in [3.8, 4) is 0 Å². The maximum Gasteiger partial charge on any atom is 0.225 e. The molecule has 3 heterocycles. The predicted octanol–water partition coefficient (Wildman–Crippen LogP) is 2.71. The summed E-state index contributed by atoms with van der Waals surface area (Å²) in [6.45, 7) is 7.48. The second-order valence-electron chi connectivity index (χ2n) is 6.80. The van der Waals surface area contributed by atoms with Gasteiger partial charge in [-0.2, -0.15) is 0 Å². The number of anilines is 2. The third-order valence-corrected chi connectivity index (χ3v) is 4.92. The van der Waals surface area contributed by atoms with Crippen LogP contribution in [-0.4, -0.2) is 59.1 Å². The van der Waals surface area contributed by atoms with Crippen LogP contribution >= 0.6 is 0 Å². The molecule has 3 aromatic rings. The third kappa shape index (κ3) is 4.14. The standard InChI is InChI=1S/C20H23FN6/c1-15-12-19(25-18-5-3-2-4-17(15)18)22-6-7-26-8-10-27(11-9-26)20-23-13-16(21)14-24-20/h2-5,12-14H,6-11H2,1H3,(H,22,25). The fourth-order valence-corrected chi connectivity index (χ4v) is 3.42. The number of para-hydroxylation sites is 1. The molecule has 0 unspecified atom stereocenters. The fraction of sp³-hybridized carbons (Fsp3) is 0.350. The smallest absolute Gasteiger partial charge is 0.225 e. The van der Waals surface area contributed by atoms with E-state index in [0.29, 0.717) is 5.95 Å². The highest BCUT2D eigenvalue weighted by molar-refractivity contribution is 5.83. The number of benzene rings is 1. The van der Waals surface area contributed by atoms with E-state index in [-0.39, 0.29) is 0 Å². The minimum atomic E-state index is -0.402. The van der Waals surface area contributed by atoms with Crippen LogP contribution in [0, 0.1) is 12.7 Å². The number of aromatic nitrogens is 3. The summed E-state index contributed by atoms with van der Waals surface area (Å²) in [5, 5.41) is 4.64. The molecule has 0 radical (unpaired) electrons. The molecule has 1 N–H and O–H groups in total. The number of aryl methyl sites for hydroxylation is 1. The van der Waals surface area contributed by atoms with Crippen LogP contribution in [-0.2, 0) is 0 Å². The number of fused-ring (bicyclic) bond motifs is 1. The Hall–Kier alpha value is -2.80. The molecule has 6 nitrogen and oxygen atoms in total. The normalized spacial score (nSPS) is 15.3. The molecule has 1 saturated heterocycles. The Labute approximate surface area is 158 Å². The number of halogens is 1. The zero-order chi connectivity index (χ0) is 18.6. The molecule has 0 bridgehead atoms. The van der Waals surface area contributed by atoms with Crippen molar-refractivity contribution in [3.05, 3.63) is 54.1 Å². The van der Waals surface area contributed by atoms with Gasteiger partial charge in [0.2, 0.25) is 5.95 Å². The summed E-state index contributed by atoms with van der Waals surface area (Å²) in [4.78, 5) is 17.3. The molecule has 7 heteroatoms. The van der Waals surface area contributed by atoms with Gasteiger partial charge in [-0.3, -0.25) is 4.90 Å². The highest BCUT2D eigenvalue weighted by atomic mass is 19.1. The Balaban J connectivity index is 1.27. The summed E-state index contributed by atoms with van der Waals surface area (Å²) in [5.41, 5.74) is 2.25. The minimum Gasteiger partial charge on any atom is -0.369 e. The van der Waals surface area contributed by atoms with E-state index >= 15 is 0 Å². The summed E-state index contributed by atoms with van der Waals surface area (Å²) >= 11 is 0. The van der Waals surface area contributed by atoms with Crippen LogP contribution in [0.15, 0.2) is 42.7 Å². The summed E-state index contributed by atoms with van der Waals surface area (Å²) in [5.74, 6) is 1.12. The van der Waals surface area contributed by atoms with Crippen molar-refractivity contribution >= 4 is 22.7 Å². The van der Waals surface area contributed by atoms with Crippen molar-refractivity contribution in [1.82, 2.24) is 19.9 Å². The van der Waals surface area contributed by atoms with Crippen LogP contribution in [0.2, 0.25) is 0 Å². The topological polar surface area (TPSA) is 57.2 Å². The Morgan fingerprint density at radius 3 is 2.59 bits per heavy atom. The zero-order valence-corrected chi connectivity index (χ0v) is 15.4. The van der Waals surface area contributed by atoms with Crippen LogP contribution in [0.3, 0.4) is 0 Å². The molecule has 1 aliphatic rings. The SMILES string of the molecule is Cc1cc(NCCN2CCN(c3ncc(F)cn3)CC2)nc2ccccc12. The highest BCUT2D eigenvalue weighted by Gasteiger charge is 2.18. The first kappa shape index (κ1) is 17.6. The molecule has 0 saturated carbocycles. The first-order valence-electron chi connectivity index (χ1n) is 9.24. The monoisotopic (exact) mass is 366 g/mol. The average Bonchev–Trinajstić information content (AvgIpc) is 2.69. The lowest BCUT2D eigenvalue weighted by Crippen LogP contribution is -2.48. The first-order valence-corrected chi connectivity index (χ1v) is 9.24. The molecule has 1 fully saturated rings. The Bertz CT molecular complexity index is 906. The Morgan fingerprint density at radius 2 is 1.81 bits per heavy atom. The van der Waals surface area contributed by atoms with E-state index in [4.69, 9.17) is 4.98 Å². The lowest BCUT2D eigenvalue weighted by Gasteiger charge is -2.34. The van der Waals surface area contributed by atoms with Crippen LogP contribution in [0.5, 0.6) is 0 Å². The number of nitrogens with zero attached hydrogens (tertiary/aromatic N) is 5. The van der Waals surface area contributed by atoms with E-state index in [1.807, 2.05) is 18.2 Å². The van der Waals surface area contributed by atoms with E-state index in [1.54, 1.807) is 0 Å². The lowest BCUT2D eigenvalue weighted by atomic mass is 10.1. The van der Waals surface area contributed by atoms with E-state index in [1.165, 1.54) is 23.3 Å². The van der Waals surface area contributed by atoms with Crippen molar-refractivity contribution in [2.75, 3.05) is 49.5 Å². The predicted molar refractivity (Wildman–Crippen MR) is 106 cm³/mol. The number of rotatable bonds is 5. The minimum absolute atomic E-state index is 0.402. The molecular weight excluding hydrogens is 343 g/mol. The van der Waals surface area contributed by atoms with Gasteiger partial charge in [-0.1, -0.05) is 18.2 Å². The maximum absolute atomic E-state index is 12.9. The Kier molecular flexibility index (Phi) is 5.11. The molecule has 27 heavy (non-hydrogen) atoms. The van der Waals surface area contributed by atoms with Crippen LogP contribution in [0.1, 0.15) is 5.56 Å². The maximum atomic E-state index is 12.9. The van der Waals surface area contributed by atoms with Gasteiger partial charge in [0, 0.05) is 44.7 Å². The Morgan fingerprint density at radius 1 is 1.07 bits per heavy atom. The molecule has 1 aliphatic heterocycles. The van der Waals surface area contributed by atoms with Gasteiger partial charge in [-0.15, -0.1) is 0 Å². The molecule has 0 atom stereocenters. The van der Waals surface area contributed by atoms with Crippen molar-refractivity contribution in [3.63, 3.8) is 0 Å². The van der Waals surface area contributed by atoms with Gasteiger partial charge in [-0.05, 0) is 24.6 Å². The number of hydrogen-bond acceptors (Lipinski definition) is 6. The van der Waals surface area contributed by atoms with Crippen molar-refractivity contribution in [2.24, 2.45) is 0 Å². The highest BCUT2D eigenvalue weighted by Crippen LogP contribution is 2.19. The molecule has 0 spiro atoms. The summed E-state index contributed by atoms with van der Waals surface area (Å²) in [7, 11) is 0. The van der Waals surface area contributed by atoms with E-state index in [2.05, 4.69) is 44.1 Å². The summed E-state index contributed by atoms with van der Waals surface area (Å²) < 4.78 is 12.9. The summed E-state index contributed by atoms with van der Waals surface area (Å²) in [6.07, 6.45) is 2.44. The van der Waals surface area contributed by atoms with Crippen molar-refractivity contribution in [1.29, 1.82) is 0 Å². The second-order valence-corrected chi connectivity index (χ2v) is 6.80. The number of piperazine rings is 1. The van der Waals surface area contributed by atoms with E-state index in [9.17, 15) is 4.39 Å². The van der Waals surface area contributed by atoms with E-state index < -0.39 is 5.82 Å². The van der Waals surface area contributed by atoms with Gasteiger partial charge >= 0.3 is 0 Å². The van der Waals surface area contributed by atoms with Gasteiger partial charge < -0.3 is 10.2 Å². The average molecular weight is 366 g/mol. The molecule has 140 valence electrons. The van der Waals surface area contributed by atoms with Crippen molar-refractivity contribution in [2.45, 2.75) is 6.92 Å². The summed E-state index contributed by atoms with van der Waals surface area (Å²) in [6, 6.07) is 10.3. The zero-order valence-electron chi connectivity index (χ0n) is 15.4. The molecule has 0 amide bonds. The van der Waals surface area contributed by atoms with Crippen LogP contribution in [0.25, 0.3) is 10.9 Å². The van der Waals surface area contributed by atoms with Crippen molar-refractivity contribution < 1.29 is 4.39 Å². The van der Waals surface area contributed by atoms with Gasteiger partial charge in [0.05, 0.1) is 17.9 Å². The first-order chi connectivity index (χ1) is 13.2. The van der Waals surface area contributed by atoms with Crippen LogP contribution < -0.4 is 10.2 Å². The quantitative estimate of drug-likeness (QED) is 0.749. The van der Waals surface area contributed by atoms with E-state index in [0.717, 1.165) is 50.6 Å². The molecule has 2 aromatic heterocycles. The van der Waals surface area contributed by atoms with Gasteiger partial charge in [0.1, 0.15) is 5.82 Å². The molecule has 4 rings (SSSR count). The second kappa shape index (κ2) is 7.84. The third-order valence-electron chi connectivity index (χ3n) is 4.92.